The van der Waals surface area contributed by atoms with Gasteiger partial charge in [0, 0.05) is 31.9 Å². The molecule has 0 aliphatic carbocycles. The number of rotatable bonds is 3. The first kappa shape index (κ1) is 13.5. The minimum atomic E-state index is -3.50. The van der Waals surface area contributed by atoms with Crippen LogP contribution in [0, 0.1) is 5.92 Å². The largest absolute Gasteiger partial charge is 0.336 e. The van der Waals surface area contributed by atoms with Gasteiger partial charge in [-0.05, 0) is 19.3 Å². The van der Waals surface area contributed by atoms with Crippen LogP contribution >= 0.6 is 0 Å². The van der Waals surface area contributed by atoms with E-state index in [4.69, 9.17) is 5.73 Å². The molecule has 0 radical (unpaired) electrons. The van der Waals surface area contributed by atoms with Crippen LogP contribution in [0.1, 0.15) is 20.3 Å². The normalized spacial score (nSPS) is 26.4. The van der Waals surface area contributed by atoms with E-state index in [-0.39, 0.29) is 17.0 Å². The van der Waals surface area contributed by atoms with Crippen LogP contribution in [0.4, 0.5) is 0 Å². The number of hydrogen-bond acceptors (Lipinski definition) is 4. The molecule has 1 saturated heterocycles. The van der Waals surface area contributed by atoms with E-state index in [1.165, 1.54) is 4.31 Å². The second-order valence-corrected chi connectivity index (χ2v) is 6.85. The van der Waals surface area contributed by atoms with E-state index in [2.05, 4.69) is 4.98 Å². The Kier molecular flexibility index (Phi) is 3.74. The van der Waals surface area contributed by atoms with Crippen LogP contribution in [0.3, 0.4) is 0 Å². The maximum absolute atomic E-state index is 12.4. The molecule has 2 atom stereocenters. The summed E-state index contributed by atoms with van der Waals surface area (Å²) >= 11 is 0. The summed E-state index contributed by atoms with van der Waals surface area (Å²) < 4.78 is 28.0. The van der Waals surface area contributed by atoms with Crippen molar-refractivity contribution in [2.24, 2.45) is 11.7 Å². The average molecular weight is 272 g/mol. The number of nitrogens with zero attached hydrogens (tertiary/aromatic N) is 3. The molecular weight excluding hydrogens is 252 g/mol. The predicted octanol–water partition coefficient (Wildman–Crippen LogP) is 0.261. The molecule has 6 nitrogen and oxygen atoms in total. The summed E-state index contributed by atoms with van der Waals surface area (Å²) in [6, 6.07) is -0.0863. The molecular formula is C11H20N4O2S. The Bertz CT molecular complexity index is 501. The molecule has 1 aliphatic heterocycles. The third-order valence-electron chi connectivity index (χ3n) is 3.24. The number of piperidine rings is 1. The van der Waals surface area contributed by atoms with Crippen LogP contribution in [0.5, 0.6) is 0 Å². The number of imidazole rings is 1. The molecule has 2 unspecified atom stereocenters. The summed E-state index contributed by atoms with van der Waals surface area (Å²) in [5, 5.41) is 0.116. The molecule has 0 aromatic carbocycles. The van der Waals surface area contributed by atoms with Crippen LogP contribution in [0.2, 0.25) is 0 Å². The summed E-state index contributed by atoms with van der Waals surface area (Å²) in [7, 11) is -3.50. The highest BCUT2D eigenvalue weighted by atomic mass is 32.2. The third-order valence-corrected chi connectivity index (χ3v) is 4.95. The summed E-state index contributed by atoms with van der Waals surface area (Å²) in [5.74, 6) is 0.289. The Morgan fingerprint density at radius 1 is 1.50 bits per heavy atom. The lowest BCUT2D eigenvalue weighted by molar-refractivity contribution is 0.254. The molecule has 1 fully saturated rings. The zero-order valence-electron chi connectivity index (χ0n) is 10.8. The van der Waals surface area contributed by atoms with Crippen molar-refractivity contribution in [2.45, 2.75) is 37.9 Å². The van der Waals surface area contributed by atoms with Gasteiger partial charge in [0.25, 0.3) is 10.0 Å². The monoisotopic (exact) mass is 272 g/mol. The maximum atomic E-state index is 12.4. The summed E-state index contributed by atoms with van der Waals surface area (Å²) in [6.07, 6.45) is 3.98. The molecule has 2 heterocycles. The summed E-state index contributed by atoms with van der Waals surface area (Å²) in [6.45, 7) is 5.57. The van der Waals surface area contributed by atoms with E-state index >= 15 is 0 Å². The number of hydrogen-bond donors (Lipinski definition) is 1. The van der Waals surface area contributed by atoms with Gasteiger partial charge in [-0.1, -0.05) is 6.92 Å². The highest BCUT2D eigenvalue weighted by Crippen LogP contribution is 2.21. The van der Waals surface area contributed by atoms with Crippen molar-refractivity contribution in [3.63, 3.8) is 0 Å². The van der Waals surface area contributed by atoms with Crippen LogP contribution < -0.4 is 5.73 Å². The molecule has 0 bridgehead atoms. The Morgan fingerprint density at radius 2 is 2.22 bits per heavy atom. The van der Waals surface area contributed by atoms with Crippen molar-refractivity contribution < 1.29 is 8.42 Å². The molecule has 0 saturated carbocycles. The first-order chi connectivity index (χ1) is 8.43. The first-order valence-corrected chi connectivity index (χ1v) is 7.65. The molecule has 102 valence electrons. The van der Waals surface area contributed by atoms with Gasteiger partial charge in [-0.15, -0.1) is 0 Å². The average Bonchev–Trinajstić information content (AvgIpc) is 2.76. The smallest absolute Gasteiger partial charge is 0.262 e. The second-order valence-electron chi connectivity index (χ2n) is 4.97. The van der Waals surface area contributed by atoms with Crippen molar-refractivity contribution in [1.82, 2.24) is 13.9 Å². The standard InChI is InChI=1S/C11H20N4O2S/c1-3-14-7-11(13-8-14)18(16,17)15-5-9(2)4-10(12)6-15/h7-10H,3-6,12H2,1-2H3. The molecule has 18 heavy (non-hydrogen) atoms. The molecule has 7 heteroatoms. The van der Waals surface area contributed by atoms with Gasteiger partial charge in [-0.3, -0.25) is 0 Å². The fraction of sp³-hybridized carbons (Fsp3) is 0.727. The van der Waals surface area contributed by atoms with Crippen LogP contribution in [-0.2, 0) is 16.6 Å². The SMILES string of the molecule is CCn1cnc(S(=O)(=O)N2CC(C)CC(N)C2)c1. The van der Waals surface area contributed by atoms with Gasteiger partial charge >= 0.3 is 0 Å². The van der Waals surface area contributed by atoms with E-state index in [1.54, 1.807) is 17.1 Å². The van der Waals surface area contributed by atoms with Crippen molar-refractivity contribution in [1.29, 1.82) is 0 Å². The lowest BCUT2D eigenvalue weighted by Gasteiger charge is -2.33. The van der Waals surface area contributed by atoms with Crippen molar-refractivity contribution in [3.8, 4) is 0 Å². The molecule has 0 amide bonds. The Labute approximate surface area is 108 Å². The maximum Gasteiger partial charge on any atom is 0.262 e. The number of sulfonamides is 1. The Hall–Kier alpha value is -0.920. The number of nitrogens with two attached hydrogens (primary N) is 1. The highest BCUT2D eigenvalue weighted by Gasteiger charge is 2.33. The zero-order valence-corrected chi connectivity index (χ0v) is 11.6. The summed E-state index contributed by atoms with van der Waals surface area (Å²) in [5.41, 5.74) is 5.89. The molecule has 0 spiro atoms. The Balaban J connectivity index is 2.25. The van der Waals surface area contributed by atoms with Crippen molar-refractivity contribution >= 4 is 10.0 Å². The van der Waals surface area contributed by atoms with E-state index in [1.807, 2.05) is 13.8 Å². The van der Waals surface area contributed by atoms with Crippen LogP contribution in [-0.4, -0.2) is 41.4 Å². The van der Waals surface area contributed by atoms with Gasteiger partial charge < -0.3 is 10.3 Å². The zero-order chi connectivity index (χ0) is 13.3. The minimum Gasteiger partial charge on any atom is -0.336 e. The van der Waals surface area contributed by atoms with Gasteiger partial charge in [-0.25, -0.2) is 13.4 Å². The van der Waals surface area contributed by atoms with Gasteiger partial charge in [0.1, 0.15) is 0 Å². The quantitative estimate of drug-likeness (QED) is 0.856. The van der Waals surface area contributed by atoms with Crippen molar-refractivity contribution in [3.05, 3.63) is 12.5 Å². The molecule has 2 rings (SSSR count). The predicted molar refractivity (Wildman–Crippen MR) is 68.4 cm³/mol. The molecule has 2 N–H and O–H groups in total. The molecule has 1 aliphatic rings. The summed E-state index contributed by atoms with van der Waals surface area (Å²) in [4.78, 5) is 3.98. The van der Waals surface area contributed by atoms with E-state index in [0.29, 0.717) is 19.6 Å². The Morgan fingerprint density at radius 3 is 2.78 bits per heavy atom. The number of aryl methyl sites for hydroxylation is 1. The lowest BCUT2D eigenvalue weighted by atomic mass is 9.99. The van der Waals surface area contributed by atoms with Gasteiger partial charge in [0.15, 0.2) is 5.03 Å². The van der Waals surface area contributed by atoms with E-state index in [9.17, 15) is 8.42 Å². The second kappa shape index (κ2) is 4.99. The fourth-order valence-corrected chi connectivity index (χ4v) is 3.88. The van der Waals surface area contributed by atoms with Gasteiger partial charge in [0.2, 0.25) is 0 Å². The van der Waals surface area contributed by atoms with Crippen LogP contribution in [0.25, 0.3) is 0 Å². The van der Waals surface area contributed by atoms with Gasteiger partial charge in [0.05, 0.1) is 6.33 Å². The van der Waals surface area contributed by atoms with E-state index in [0.717, 1.165) is 6.42 Å². The lowest BCUT2D eigenvalue weighted by Crippen LogP contribution is -2.48. The topological polar surface area (TPSA) is 81.2 Å². The minimum absolute atomic E-state index is 0.0863. The first-order valence-electron chi connectivity index (χ1n) is 6.21. The van der Waals surface area contributed by atoms with E-state index < -0.39 is 10.0 Å². The van der Waals surface area contributed by atoms with Gasteiger partial charge in [-0.2, -0.15) is 4.31 Å². The fourth-order valence-electron chi connectivity index (χ4n) is 2.32. The highest BCUT2D eigenvalue weighted by molar-refractivity contribution is 7.89. The molecule has 1 aromatic rings. The van der Waals surface area contributed by atoms with Crippen LogP contribution in [0.15, 0.2) is 17.6 Å². The van der Waals surface area contributed by atoms with Crippen molar-refractivity contribution in [2.75, 3.05) is 13.1 Å². The molecule has 1 aromatic heterocycles. The number of aromatic nitrogens is 2. The third kappa shape index (κ3) is 2.57.